The van der Waals surface area contributed by atoms with Crippen molar-refractivity contribution in [2.45, 2.75) is 18.9 Å². The molecule has 0 saturated carbocycles. The Balaban J connectivity index is 1.66. The summed E-state index contributed by atoms with van der Waals surface area (Å²) in [5.41, 5.74) is 1.97. The molecule has 1 aliphatic heterocycles. The van der Waals surface area contributed by atoms with Crippen molar-refractivity contribution in [1.29, 1.82) is 0 Å². The summed E-state index contributed by atoms with van der Waals surface area (Å²) in [6, 6.07) is 3.71. The van der Waals surface area contributed by atoms with Crippen LogP contribution in [0, 0.1) is 12.3 Å². The summed E-state index contributed by atoms with van der Waals surface area (Å²) in [5, 5.41) is 14.0. The van der Waals surface area contributed by atoms with E-state index in [-0.39, 0.29) is 11.9 Å². The topological polar surface area (TPSA) is 61.0 Å². The van der Waals surface area contributed by atoms with Gasteiger partial charge in [-0.25, -0.2) is 0 Å². The molecule has 6 heteroatoms. The van der Waals surface area contributed by atoms with E-state index in [2.05, 4.69) is 21.4 Å². The van der Waals surface area contributed by atoms with Crippen LogP contribution in [0.1, 0.15) is 12.8 Å². The van der Waals surface area contributed by atoms with Gasteiger partial charge in [-0.15, -0.1) is 6.42 Å². The Labute approximate surface area is 127 Å². The third-order valence-electron chi connectivity index (χ3n) is 3.62. The molecule has 3 heterocycles. The molecule has 108 valence electrons. The number of aromatic amines is 1. The number of aromatic nitrogens is 2. The van der Waals surface area contributed by atoms with E-state index < -0.39 is 0 Å². The second-order valence-electron chi connectivity index (χ2n) is 5.00. The Morgan fingerprint density at radius 3 is 3.33 bits per heavy atom. The van der Waals surface area contributed by atoms with Crippen LogP contribution in [0.3, 0.4) is 0 Å². The van der Waals surface area contributed by atoms with Crippen LogP contribution in [0.5, 0.6) is 0 Å². The van der Waals surface area contributed by atoms with Crippen LogP contribution in [0.15, 0.2) is 22.9 Å². The van der Waals surface area contributed by atoms with E-state index in [4.69, 9.17) is 6.42 Å². The van der Waals surface area contributed by atoms with Crippen LogP contribution in [0.4, 0.5) is 5.82 Å². The molecule has 2 aromatic rings. The highest BCUT2D eigenvalue weighted by atomic mass is 32.1. The van der Waals surface area contributed by atoms with Gasteiger partial charge in [0.2, 0.25) is 5.91 Å². The number of nitrogens with one attached hydrogen (secondary N) is 2. The van der Waals surface area contributed by atoms with Crippen LogP contribution < -0.4 is 5.32 Å². The van der Waals surface area contributed by atoms with Gasteiger partial charge in [0.1, 0.15) is 0 Å². The van der Waals surface area contributed by atoms with Crippen molar-refractivity contribution in [1.82, 2.24) is 15.1 Å². The molecule has 2 aromatic heterocycles. The summed E-state index contributed by atoms with van der Waals surface area (Å²) in [5.74, 6) is 3.12. The first-order valence-corrected chi connectivity index (χ1v) is 7.78. The maximum Gasteiger partial charge on any atom is 0.242 e. The number of rotatable bonds is 4. The lowest BCUT2D eigenvalue weighted by molar-refractivity contribution is -0.120. The zero-order valence-corrected chi connectivity index (χ0v) is 12.3. The van der Waals surface area contributed by atoms with E-state index in [0.29, 0.717) is 12.4 Å². The van der Waals surface area contributed by atoms with Gasteiger partial charge in [0.25, 0.3) is 0 Å². The van der Waals surface area contributed by atoms with Crippen LogP contribution in [0.2, 0.25) is 0 Å². The predicted octanol–water partition coefficient (Wildman–Crippen LogP) is 2.17. The third kappa shape index (κ3) is 2.99. The number of hydrogen-bond acceptors (Lipinski definition) is 4. The molecule has 1 fully saturated rings. The number of H-pyrrole nitrogens is 1. The fourth-order valence-electron chi connectivity index (χ4n) is 2.59. The highest BCUT2D eigenvalue weighted by Crippen LogP contribution is 2.23. The number of likely N-dealkylation sites (tertiary alicyclic amines) is 1. The Morgan fingerprint density at radius 1 is 1.67 bits per heavy atom. The van der Waals surface area contributed by atoms with Crippen LogP contribution in [-0.2, 0) is 4.79 Å². The van der Waals surface area contributed by atoms with Crippen molar-refractivity contribution in [3.8, 4) is 23.6 Å². The molecule has 0 radical (unpaired) electrons. The van der Waals surface area contributed by atoms with Crippen molar-refractivity contribution in [2.24, 2.45) is 0 Å². The highest BCUT2D eigenvalue weighted by molar-refractivity contribution is 7.08. The van der Waals surface area contributed by atoms with Crippen molar-refractivity contribution >= 4 is 23.1 Å². The van der Waals surface area contributed by atoms with Gasteiger partial charge in [0.15, 0.2) is 5.82 Å². The number of carbonyl (C=O) groups excluding carboxylic acids is 1. The Morgan fingerprint density at radius 2 is 2.57 bits per heavy atom. The van der Waals surface area contributed by atoms with Gasteiger partial charge >= 0.3 is 0 Å². The number of thiophene rings is 1. The number of amides is 1. The summed E-state index contributed by atoms with van der Waals surface area (Å²) >= 11 is 1.62. The van der Waals surface area contributed by atoms with Gasteiger partial charge < -0.3 is 5.32 Å². The Hall–Kier alpha value is -2.10. The van der Waals surface area contributed by atoms with Gasteiger partial charge in [0.05, 0.1) is 18.3 Å². The zero-order chi connectivity index (χ0) is 14.7. The number of hydrogen-bond donors (Lipinski definition) is 2. The van der Waals surface area contributed by atoms with Crippen LogP contribution in [0.25, 0.3) is 11.3 Å². The summed E-state index contributed by atoms with van der Waals surface area (Å²) in [6.45, 7) is 1.39. The maximum atomic E-state index is 12.3. The fourth-order valence-corrected chi connectivity index (χ4v) is 3.25. The summed E-state index contributed by atoms with van der Waals surface area (Å²) in [6.07, 6.45) is 7.18. The van der Waals surface area contributed by atoms with E-state index in [1.54, 1.807) is 11.3 Å². The molecule has 1 saturated heterocycles. The summed E-state index contributed by atoms with van der Waals surface area (Å²) in [7, 11) is 0. The van der Waals surface area contributed by atoms with E-state index in [1.165, 1.54) is 0 Å². The number of nitrogens with zero attached hydrogens (tertiary/aromatic N) is 2. The largest absolute Gasteiger partial charge is 0.308 e. The summed E-state index contributed by atoms with van der Waals surface area (Å²) in [4.78, 5) is 14.4. The number of terminal acetylenes is 1. The third-order valence-corrected chi connectivity index (χ3v) is 4.31. The minimum Gasteiger partial charge on any atom is -0.308 e. The predicted molar refractivity (Wildman–Crippen MR) is 84.0 cm³/mol. The second-order valence-corrected chi connectivity index (χ2v) is 5.78. The molecule has 3 rings (SSSR count). The molecule has 2 N–H and O–H groups in total. The minimum atomic E-state index is -0.151. The second kappa shape index (κ2) is 6.12. The average molecular weight is 300 g/mol. The van der Waals surface area contributed by atoms with Gasteiger partial charge in [-0.1, -0.05) is 5.92 Å². The van der Waals surface area contributed by atoms with Gasteiger partial charge in [-0.3, -0.25) is 14.8 Å². The lowest BCUT2D eigenvalue weighted by Crippen LogP contribution is -2.39. The molecule has 21 heavy (non-hydrogen) atoms. The molecule has 0 spiro atoms. The SMILES string of the molecule is C#CCN1CCC[C@H]1C(=O)Nc1cc(-c2ccsc2)[nH]n1. The van der Waals surface area contributed by atoms with Crippen LogP contribution in [-0.4, -0.2) is 40.1 Å². The molecular weight excluding hydrogens is 284 g/mol. The molecular formula is C15H16N4OS. The van der Waals surface area contributed by atoms with Gasteiger partial charge in [0, 0.05) is 17.0 Å². The Bertz CT molecular complexity index is 656. The first-order valence-electron chi connectivity index (χ1n) is 6.84. The fraction of sp³-hybridized carbons (Fsp3) is 0.333. The van der Waals surface area contributed by atoms with Crippen molar-refractivity contribution < 1.29 is 4.79 Å². The molecule has 0 aromatic carbocycles. The first kappa shape index (κ1) is 13.9. The molecule has 0 bridgehead atoms. The molecule has 5 nitrogen and oxygen atoms in total. The quantitative estimate of drug-likeness (QED) is 0.851. The van der Waals surface area contributed by atoms with Gasteiger partial charge in [-0.05, 0) is 30.8 Å². The minimum absolute atomic E-state index is 0.0360. The smallest absolute Gasteiger partial charge is 0.242 e. The lowest BCUT2D eigenvalue weighted by Gasteiger charge is -2.20. The standard InChI is InChI=1S/C15H16N4OS/c1-2-6-19-7-3-4-13(19)15(20)16-14-9-12(17-18-14)11-5-8-21-10-11/h1,5,8-10,13H,3-4,6-7H2,(H2,16,17,18,20)/t13-/m0/s1. The number of carbonyl (C=O) groups is 1. The monoisotopic (exact) mass is 300 g/mol. The highest BCUT2D eigenvalue weighted by Gasteiger charge is 2.30. The molecule has 1 atom stereocenters. The Kier molecular flexibility index (Phi) is 4.04. The average Bonchev–Trinajstić information content (AvgIpc) is 3.20. The van der Waals surface area contributed by atoms with Gasteiger partial charge in [-0.2, -0.15) is 16.4 Å². The summed E-state index contributed by atoms with van der Waals surface area (Å²) < 4.78 is 0. The van der Waals surface area contributed by atoms with E-state index in [9.17, 15) is 4.79 Å². The number of anilines is 1. The molecule has 1 amide bonds. The van der Waals surface area contributed by atoms with Crippen molar-refractivity contribution in [2.75, 3.05) is 18.4 Å². The maximum absolute atomic E-state index is 12.3. The molecule has 1 aliphatic rings. The normalized spacial score (nSPS) is 18.5. The van der Waals surface area contributed by atoms with Crippen molar-refractivity contribution in [3.63, 3.8) is 0 Å². The molecule has 0 aliphatic carbocycles. The van der Waals surface area contributed by atoms with E-state index >= 15 is 0 Å². The lowest BCUT2D eigenvalue weighted by atomic mass is 10.2. The van der Waals surface area contributed by atoms with Crippen LogP contribution >= 0.6 is 11.3 Å². The molecule has 0 unspecified atom stereocenters. The van der Waals surface area contributed by atoms with Crippen molar-refractivity contribution in [3.05, 3.63) is 22.9 Å². The van der Waals surface area contributed by atoms with E-state index in [0.717, 1.165) is 30.6 Å². The van der Waals surface area contributed by atoms with E-state index in [1.807, 2.05) is 27.8 Å². The first-order chi connectivity index (χ1) is 10.3. The zero-order valence-electron chi connectivity index (χ0n) is 11.5.